The van der Waals surface area contributed by atoms with E-state index in [-0.39, 0.29) is 5.95 Å². The van der Waals surface area contributed by atoms with Crippen molar-refractivity contribution >= 4 is 28.6 Å². The average molecular weight is 305 g/mol. The number of aromatic amines is 1. The molecule has 0 radical (unpaired) electrons. The smallest absolute Gasteiger partial charge is 0.242 e. The third-order valence-electron chi connectivity index (χ3n) is 3.03. The molecule has 2 heterocycles. The van der Waals surface area contributed by atoms with Crippen LogP contribution in [-0.2, 0) is 0 Å². The third-order valence-corrected chi connectivity index (χ3v) is 3.25. The molecule has 21 heavy (non-hydrogen) atoms. The molecular weight excluding hydrogens is 292 g/mol. The lowest BCUT2D eigenvalue weighted by molar-refractivity contribution is 0.462. The van der Waals surface area contributed by atoms with Gasteiger partial charge in [0.15, 0.2) is 5.65 Å². The van der Waals surface area contributed by atoms with Gasteiger partial charge >= 0.3 is 0 Å². The second-order valence-electron chi connectivity index (χ2n) is 4.60. The van der Waals surface area contributed by atoms with Crippen LogP contribution >= 0.6 is 11.6 Å². The molecule has 1 aromatic carbocycles. The quantitative estimate of drug-likeness (QED) is 0.508. The first-order valence-corrected chi connectivity index (χ1v) is 6.58. The summed E-state index contributed by atoms with van der Waals surface area (Å²) in [7, 11) is 0. The highest BCUT2D eigenvalue weighted by Gasteiger charge is 2.14. The molecular formula is C13H13ClN6O. The van der Waals surface area contributed by atoms with Crippen LogP contribution < -0.4 is 16.0 Å². The van der Waals surface area contributed by atoms with Crippen LogP contribution in [0, 0.1) is 13.8 Å². The lowest BCUT2D eigenvalue weighted by Crippen LogP contribution is -2.11. The van der Waals surface area contributed by atoms with Crippen LogP contribution in [0.15, 0.2) is 18.3 Å². The van der Waals surface area contributed by atoms with Crippen LogP contribution in [0.25, 0.3) is 11.0 Å². The lowest BCUT2D eigenvalue weighted by atomic mass is 10.1. The molecule has 7 nitrogen and oxygen atoms in total. The van der Waals surface area contributed by atoms with Crippen LogP contribution in [0.5, 0.6) is 11.6 Å². The van der Waals surface area contributed by atoms with Crippen LogP contribution in [-0.4, -0.2) is 20.2 Å². The number of halogens is 1. The van der Waals surface area contributed by atoms with Gasteiger partial charge in [-0.3, -0.25) is 10.5 Å². The Hall–Kier alpha value is -2.38. The lowest BCUT2D eigenvalue weighted by Gasteiger charge is -2.12. The Morgan fingerprint density at radius 3 is 2.62 bits per heavy atom. The number of hydrazine groups is 1. The fraction of sp³-hybridized carbons (Fsp3) is 0.154. The number of fused-ring (bicyclic) bond motifs is 1. The molecule has 0 aliphatic carbocycles. The van der Waals surface area contributed by atoms with E-state index in [4.69, 9.17) is 22.2 Å². The minimum Gasteiger partial charge on any atom is -0.437 e. The van der Waals surface area contributed by atoms with E-state index in [9.17, 15) is 0 Å². The summed E-state index contributed by atoms with van der Waals surface area (Å²) in [6, 6.07) is 3.67. The van der Waals surface area contributed by atoms with Gasteiger partial charge in [0.2, 0.25) is 11.8 Å². The molecule has 0 aliphatic heterocycles. The maximum absolute atomic E-state index is 6.03. The number of nitrogens with zero attached hydrogens (tertiary/aromatic N) is 3. The maximum Gasteiger partial charge on any atom is 0.242 e. The zero-order valence-electron chi connectivity index (χ0n) is 11.4. The molecule has 0 spiro atoms. The molecule has 0 amide bonds. The summed E-state index contributed by atoms with van der Waals surface area (Å²) >= 11 is 6.03. The summed E-state index contributed by atoms with van der Waals surface area (Å²) in [5, 5.41) is 8.04. The fourth-order valence-electron chi connectivity index (χ4n) is 2.11. The van der Waals surface area contributed by atoms with Gasteiger partial charge in [0.05, 0.1) is 6.20 Å². The van der Waals surface area contributed by atoms with Crippen molar-refractivity contribution in [2.24, 2.45) is 5.84 Å². The van der Waals surface area contributed by atoms with Crippen LogP contribution in [0.1, 0.15) is 11.1 Å². The predicted molar refractivity (Wildman–Crippen MR) is 80.5 cm³/mol. The SMILES string of the molecule is Cc1cc(Cl)cc(C)c1Oc1nc(NN)nc2[nH]ncc12. The number of nitrogen functional groups attached to an aromatic ring is 1. The molecule has 0 saturated carbocycles. The van der Waals surface area contributed by atoms with Crippen molar-refractivity contribution in [2.45, 2.75) is 13.8 Å². The molecule has 108 valence electrons. The number of nitrogens with two attached hydrogens (primary N) is 1. The van der Waals surface area contributed by atoms with Gasteiger partial charge in [-0.05, 0) is 37.1 Å². The molecule has 0 unspecified atom stereocenters. The molecule has 0 bridgehead atoms. The van der Waals surface area contributed by atoms with Gasteiger partial charge in [0.1, 0.15) is 11.1 Å². The second-order valence-corrected chi connectivity index (χ2v) is 5.04. The summed E-state index contributed by atoms with van der Waals surface area (Å²) in [6.07, 6.45) is 1.60. The molecule has 3 aromatic rings. The van der Waals surface area contributed by atoms with E-state index in [1.165, 1.54) is 0 Å². The molecule has 3 rings (SSSR count). The van der Waals surface area contributed by atoms with Gasteiger partial charge < -0.3 is 4.74 Å². The molecule has 0 fully saturated rings. The van der Waals surface area contributed by atoms with E-state index in [0.717, 1.165) is 11.1 Å². The number of nitrogens with one attached hydrogen (secondary N) is 2. The number of ether oxygens (including phenoxy) is 1. The van der Waals surface area contributed by atoms with E-state index in [1.54, 1.807) is 6.20 Å². The van der Waals surface area contributed by atoms with Crippen molar-refractivity contribution in [1.82, 2.24) is 20.2 Å². The van der Waals surface area contributed by atoms with E-state index < -0.39 is 0 Å². The van der Waals surface area contributed by atoms with Gasteiger partial charge in [-0.15, -0.1) is 0 Å². The fourth-order valence-corrected chi connectivity index (χ4v) is 2.43. The van der Waals surface area contributed by atoms with E-state index >= 15 is 0 Å². The Morgan fingerprint density at radius 1 is 1.24 bits per heavy atom. The summed E-state index contributed by atoms with van der Waals surface area (Å²) in [5.41, 5.74) is 4.77. The molecule has 2 aromatic heterocycles. The molecule has 0 saturated heterocycles. The minimum atomic E-state index is 0.242. The summed E-state index contributed by atoms with van der Waals surface area (Å²) in [5.74, 6) is 6.68. The molecule has 0 atom stereocenters. The van der Waals surface area contributed by atoms with Gasteiger partial charge in [0, 0.05) is 5.02 Å². The molecule has 8 heteroatoms. The van der Waals surface area contributed by atoms with E-state index in [1.807, 2.05) is 26.0 Å². The van der Waals surface area contributed by atoms with E-state index in [2.05, 4.69) is 25.6 Å². The largest absolute Gasteiger partial charge is 0.437 e. The number of benzene rings is 1. The number of hydrogen-bond acceptors (Lipinski definition) is 6. The maximum atomic E-state index is 6.03. The third kappa shape index (κ3) is 2.48. The number of hydrogen-bond donors (Lipinski definition) is 3. The van der Waals surface area contributed by atoms with Gasteiger partial charge in [0.25, 0.3) is 0 Å². The van der Waals surface area contributed by atoms with Crippen molar-refractivity contribution < 1.29 is 4.74 Å². The topological polar surface area (TPSA) is 102 Å². The number of aryl methyl sites for hydroxylation is 2. The Bertz CT molecular complexity index is 793. The van der Waals surface area contributed by atoms with Crippen LogP contribution in [0.2, 0.25) is 5.02 Å². The zero-order chi connectivity index (χ0) is 15.0. The average Bonchev–Trinajstić information content (AvgIpc) is 2.90. The van der Waals surface area contributed by atoms with E-state index in [0.29, 0.717) is 27.7 Å². The molecule has 0 aliphatic rings. The predicted octanol–water partition coefficient (Wildman–Crippen LogP) is 2.70. The normalized spacial score (nSPS) is 10.9. The number of anilines is 1. The monoisotopic (exact) mass is 304 g/mol. The highest BCUT2D eigenvalue weighted by molar-refractivity contribution is 6.30. The van der Waals surface area contributed by atoms with Crippen molar-refractivity contribution in [1.29, 1.82) is 0 Å². The second kappa shape index (κ2) is 5.19. The minimum absolute atomic E-state index is 0.242. The van der Waals surface area contributed by atoms with Crippen molar-refractivity contribution in [2.75, 3.05) is 5.43 Å². The summed E-state index contributed by atoms with van der Waals surface area (Å²) in [6.45, 7) is 3.84. The summed E-state index contributed by atoms with van der Waals surface area (Å²) < 4.78 is 5.94. The first kappa shape index (κ1) is 13.6. The van der Waals surface area contributed by atoms with Crippen LogP contribution in [0.3, 0.4) is 0 Å². The van der Waals surface area contributed by atoms with Crippen LogP contribution in [0.4, 0.5) is 5.95 Å². The van der Waals surface area contributed by atoms with Crippen molar-refractivity contribution in [3.05, 3.63) is 34.5 Å². The zero-order valence-corrected chi connectivity index (χ0v) is 12.2. The Kier molecular flexibility index (Phi) is 3.36. The number of aromatic nitrogens is 4. The Balaban J connectivity index is 2.11. The number of H-pyrrole nitrogens is 1. The van der Waals surface area contributed by atoms with Gasteiger partial charge in [-0.2, -0.15) is 15.1 Å². The summed E-state index contributed by atoms with van der Waals surface area (Å²) in [4.78, 5) is 8.38. The standard InChI is InChI=1S/C13H13ClN6O/c1-6-3-8(14)4-7(2)10(6)21-12-9-5-16-20-11(9)17-13(18-12)19-15/h3-5H,15H2,1-2H3,(H2,16,17,18,19,20). The number of rotatable bonds is 3. The van der Waals surface area contributed by atoms with Gasteiger partial charge in [-0.1, -0.05) is 11.6 Å². The van der Waals surface area contributed by atoms with Crippen molar-refractivity contribution in [3.8, 4) is 11.6 Å². The van der Waals surface area contributed by atoms with Crippen molar-refractivity contribution in [3.63, 3.8) is 0 Å². The Morgan fingerprint density at radius 2 is 1.95 bits per heavy atom. The highest BCUT2D eigenvalue weighted by atomic mass is 35.5. The first-order valence-electron chi connectivity index (χ1n) is 6.21. The molecule has 4 N–H and O–H groups in total. The first-order chi connectivity index (χ1) is 10.1. The highest BCUT2D eigenvalue weighted by Crippen LogP contribution is 2.33. The van der Waals surface area contributed by atoms with Gasteiger partial charge in [-0.25, -0.2) is 5.84 Å². The Labute approximate surface area is 125 Å².